The maximum atomic E-state index is 10.1. The van der Waals surface area contributed by atoms with Crippen molar-refractivity contribution < 1.29 is 14.3 Å². The van der Waals surface area contributed by atoms with E-state index in [1.54, 1.807) is 6.92 Å². The molecule has 128 valence electrons. The molecular weight excluding hydrogens is 306 g/mol. The normalized spacial score (nSPS) is 25.7. The highest BCUT2D eigenvalue weighted by molar-refractivity contribution is 5.45. The van der Waals surface area contributed by atoms with Crippen molar-refractivity contribution >= 4 is 0 Å². The molecule has 0 spiro atoms. The molecule has 1 N–H and O–H groups in total. The molecule has 6 nitrogen and oxygen atoms in total. The van der Waals surface area contributed by atoms with Crippen LogP contribution >= 0.6 is 0 Å². The van der Waals surface area contributed by atoms with Crippen LogP contribution in [0.1, 0.15) is 49.2 Å². The molecule has 0 radical (unpaired) electrons. The Morgan fingerprint density at radius 3 is 2.92 bits per heavy atom. The molecular formula is C18H23N3O3. The number of aliphatic hydroxyl groups is 1. The molecule has 24 heavy (non-hydrogen) atoms. The van der Waals surface area contributed by atoms with Crippen molar-refractivity contribution in [1.29, 1.82) is 0 Å². The molecule has 3 heterocycles. The standard InChI is InChI=1S/C18H23N3O3/c1-11-19-20-17(23-11)15-7-14(22)10-21(15)9-13-6-4-5-12-8-18(2,3)24-16(12)13/h4-6,14-15,22H,7-10H2,1-3H3/t14-,15-/m1/s1. The lowest BCUT2D eigenvalue weighted by atomic mass is 10.0. The van der Waals surface area contributed by atoms with Crippen LogP contribution in [-0.2, 0) is 13.0 Å². The van der Waals surface area contributed by atoms with Crippen molar-refractivity contribution in [2.75, 3.05) is 6.54 Å². The maximum absolute atomic E-state index is 10.1. The van der Waals surface area contributed by atoms with E-state index in [2.05, 4.69) is 47.1 Å². The van der Waals surface area contributed by atoms with Crippen molar-refractivity contribution in [3.05, 3.63) is 41.1 Å². The number of benzene rings is 1. The molecule has 2 aromatic rings. The first-order chi connectivity index (χ1) is 11.4. The highest BCUT2D eigenvalue weighted by atomic mass is 16.5. The summed E-state index contributed by atoms with van der Waals surface area (Å²) in [5, 5.41) is 18.2. The second kappa shape index (κ2) is 5.57. The third-order valence-electron chi connectivity index (χ3n) is 4.75. The maximum Gasteiger partial charge on any atom is 0.233 e. The third kappa shape index (κ3) is 2.80. The van der Waals surface area contributed by atoms with Gasteiger partial charge in [0, 0.05) is 32.0 Å². The second-order valence-corrected chi connectivity index (χ2v) is 7.44. The van der Waals surface area contributed by atoms with E-state index in [9.17, 15) is 5.11 Å². The summed E-state index contributed by atoms with van der Waals surface area (Å²) in [7, 11) is 0. The number of likely N-dealkylation sites (tertiary alicyclic amines) is 1. The first-order valence-corrected chi connectivity index (χ1v) is 8.43. The lowest BCUT2D eigenvalue weighted by Gasteiger charge is -2.23. The monoisotopic (exact) mass is 329 g/mol. The van der Waals surface area contributed by atoms with Gasteiger partial charge in [0.25, 0.3) is 0 Å². The van der Waals surface area contributed by atoms with Gasteiger partial charge in [0.1, 0.15) is 11.4 Å². The van der Waals surface area contributed by atoms with E-state index >= 15 is 0 Å². The number of aryl methyl sites for hydroxylation is 1. The van der Waals surface area contributed by atoms with Gasteiger partial charge in [0.2, 0.25) is 11.8 Å². The van der Waals surface area contributed by atoms with Crippen LogP contribution < -0.4 is 4.74 Å². The predicted molar refractivity (Wildman–Crippen MR) is 87.7 cm³/mol. The summed E-state index contributed by atoms with van der Waals surface area (Å²) in [6.45, 7) is 7.30. The fourth-order valence-electron chi connectivity index (χ4n) is 3.78. The van der Waals surface area contributed by atoms with E-state index in [1.807, 2.05) is 0 Å². The van der Waals surface area contributed by atoms with E-state index in [0.29, 0.717) is 31.3 Å². The Labute approximate surface area is 141 Å². The Morgan fingerprint density at radius 2 is 2.17 bits per heavy atom. The van der Waals surface area contributed by atoms with Gasteiger partial charge in [-0.15, -0.1) is 10.2 Å². The highest BCUT2D eigenvalue weighted by Gasteiger charge is 2.37. The van der Waals surface area contributed by atoms with Gasteiger partial charge in [0.15, 0.2) is 0 Å². The summed E-state index contributed by atoms with van der Waals surface area (Å²) in [5.74, 6) is 2.12. The Balaban J connectivity index is 1.60. The van der Waals surface area contributed by atoms with Gasteiger partial charge >= 0.3 is 0 Å². The van der Waals surface area contributed by atoms with Crippen molar-refractivity contribution in [2.45, 2.75) is 57.9 Å². The summed E-state index contributed by atoms with van der Waals surface area (Å²) in [5.41, 5.74) is 2.24. The molecule has 0 aliphatic carbocycles. The van der Waals surface area contributed by atoms with Crippen molar-refractivity contribution in [1.82, 2.24) is 15.1 Å². The number of aliphatic hydroxyl groups excluding tert-OH is 1. The van der Waals surface area contributed by atoms with Gasteiger partial charge in [-0.25, -0.2) is 0 Å². The van der Waals surface area contributed by atoms with Crippen LogP contribution in [-0.4, -0.2) is 38.5 Å². The molecule has 2 atom stereocenters. The molecule has 1 fully saturated rings. The predicted octanol–water partition coefficient (Wildman–Crippen LogP) is 2.40. The van der Waals surface area contributed by atoms with E-state index < -0.39 is 0 Å². The Morgan fingerprint density at radius 1 is 1.33 bits per heavy atom. The van der Waals surface area contributed by atoms with Crippen LogP contribution in [0.4, 0.5) is 0 Å². The number of β-amino-alcohol motifs (C(OH)–C–C–N with tert-alkyl or cyclic N) is 1. The molecule has 1 aromatic carbocycles. The molecule has 4 rings (SSSR count). The smallest absolute Gasteiger partial charge is 0.233 e. The highest BCUT2D eigenvalue weighted by Crippen LogP contribution is 2.40. The molecule has 1 saturated heterocycles. The number of hydrogen-bond donors (Lipinski definition) is 1. The number of hydrogen-bond acceptors (Lipinski definition) is 6. The number of para-hydroxylation sites is 1. The van der Waals surface area contributed by atoms with Crippen LogP contribution in [0.15, 0.2) is 22.6 Å². The lowest BCUT2D eigenvalue weighted by molar-refractivity contribution is 0.133. The van der Waals surface area contributed by atoms with Gasteiger partial charge in [-0.1, -0.05) is 18.2 Å². The summed E-state index contributed by atoms with van der Waals surface area (Å²) in [6.07, 6.45) is 1.16. The average molecular weight is 329 g/mol. The average Bonchev–Trinajstić information content (AvgIpc) is 3.15. The minimum absolute atomic E-state index is 0.0496. The van der Waals surface area contributed by atoms with Crippen LogP contribution in [0.3, 0.4) is 0 Å². The van der Waals surface area contributed by atoms with Gasteiger partial charge in [-0.05, 0) is 25.8 Å². The van der Waals surface area contributed by atoms with E-state index in [4.69, 9.17) is 9.15 Å². The fourth-order valence-corrected chi connectivity index (χ4v) is 3.78. The van der Waals surface area contributed by atoms with E-state index in [-0.39, 0.29) is 17.7 Å². The zero-order valence-electron chi connectivity index (χ0n) is 14.3. The molecule has 2 aliphatic heterocycles. The van der Waals surface area contributed by atoms with Gasteiger partial charge in [-0.3, -0.25) is 4.90 Å². The van der Waals surface area contributed by atoms with Gasteiger partial charge in [0.05, 0.1) is 12.1 Å². The van der Waals surface area contributed by atoms with Crippen LogP contribution in [0.5, 0.6) is 5.75 Å². The Bertz CT molecular complexity index is 756. The van der Waals surface area contributed by atoms with E-state index in [0.717, 1.165) is 17.7 Å². The minimum Gasteiger partial charge on any atom is -0.487 e. The zero-order chi connectivity index (χ0) is 16.9. The third-order valence-corrected chi connectivity index (χ3v) is 4.75. The molecule has 1 aromatic heterocycles. The van der Waals surface area contributed by atoms with E-state index in [1.165, 1.54) is 5.56 Å². The molecule has 6 heteroatoms. The van der Waals surface area contributed by atoms with Crippen molar-refractivity contribution in [2.24, 2.45) is 0 Å². The molecule has 0 saturated carbocycles. The molecule has 0 bridgehead atoms. The number of ether oxygens (including phenoxy) is 1. The Kier molecular flexibility index (Phi) is 3.62. The fraction of sp³-hybridized carbons (Fsp3) is 0.556. The number of fused-ring (bicyclic) bond motifs is 1. The number of nitrogens with zero attached hydrogens (tertiary/aromatic N) is 3. The second-order valence-electron chi connectivity index (χ2n) is 7.44. The van der Waals surface area contributed by atoms with Crippen molar-refractivity contribution in [3.8, 4) is 5.75 Å². The molecule has 2 aliphatic rings. The molecule has 0 amide bonds. The summed E-state index contributed by atoms with van der Waals surface area (Å²) in [4.78, 5) is 2.20. The number of aromatic nitrogens is 2. The summed E-state index contributed by atoms with van der Waals surface area (Å²) in [6, 6.07) is 6.26. The first kappa shape index (κ1) is 15.6. The topological polar surface area (TPSA) is 71.6 Å². The van der Waals surface area contributed by atoms with Gasteiger partial charge in [-0.2, -0.15) is 0 Å². The number of rotatable bonds is 3. The minimum atomic E-state index is -0.378. The lowest BCUT2D eigenvalue weighted by Crippen LogP contribution is -2.26. The zero-order valence-corrected chi connectivity index (χ0v) is 14.3. The van der Waals surface area contributed by atoms with Crippen LogP contribution in [0, 0.1) is 6.92 Å². The van der Waals surface area contributed by atoms with Crippen molar-refractivity contribution in [3.63, 3.8) is 0 Å². The molecule has 0 unspecified atom stereocenters. The SMILES string of the molecule is Cc1nnc([C@H]2C[C@@H](O)CN2Cc2cccc3c2OC(C)(C)C3)o1. The largest absolute Gasteiger partial charge is 0.487 e. The first-order valence-electron chi connectivity index (χ1n) is 8.43. The Hall–Kier alpha value is -1.92. The van der Waals surface area contributed by atoms with Crippen LogP contribution in [0.2, 0.25) is 0 Å². The van der Waals surface area contributed by atoms with Crippen LogP contribution in [0.25, 0.3) is 0 Å². The summed E-state index contributed by atoms with van der Waals surface area (Å²) >= 11 is 0. The van der Waals surface area contributed by atoms with Gasteiger partial charge < -0.3 is 14.3 Å². The summed E-state index contributed by atoms with van der Waals surface area (Å²) < 4.78 is 11.8. The quantitative estimate of drug-likeness (QED) is 0.932.